The second-order valence-corrected chi connectivity index (χ2v) is 22.9. The van der Waals surface area contributed by atoms with Crippen LogP contribution in [-0.4, -0.2) is 25.2 Å². The van der Waals surface area contributed by atoms with Gasteiger partial charge in [-0.2, -0.15) is 0 Å². The molecule has 3 unspecified atom stereocenters. The first-order valence-corrected chi connectivity index (χ1v) is 32.7. The van der Waals surface area contributed by atoms with Crippen LogP contribution in [0.1, 0.15) is 382 Å². The van der Waals surface area contributed by atoms with Crippen molar-refractivity contribution in [2.45, 2.75) is 382 Å². The molecule has 0 aliphatic rings. The van der Waals surface area contributed by atoms with E-state index in [1.807, 2.05) is 6.92 Å². The smallest absolute Gasteiger partial charge is 0.308 e. The van der Waals surface area contributed by atoms with Crippen molar-refractivity contribution < 1.29 is 19.1 Å². The Balaban J connectivity index is 0. The van der Waals surface area contributed by atoms with E-state index in [0.29, 0.717) is 31.5 Å². The lowest BCUT2D eigenvalue weighted by Gasteiger charge is -2.17. The minimum atomic E-state index is 0.0186. The maximum atomic E-state index is 12.4. The highest BCUT2D eigenvalue weighted by Gasteiger charge is 2.16. The van der Waals surface area contributed by atoms with Gasteiger partial charge in [-0.15, -0.1) is 0 Å². The fourth-order valence-electron chi connectivity index (χ4n) is 10.1. The minimum absolute atomic E-state index is 0.0186. The first kappa shape index (κ1) is 71.0. The van der Waals surface area contributed by atoms with E-state index in [9.17, 15) is 9.59 Å². The van der Waals surface area contributed by atoms with Crippen LogP contribution < -0.4 is 0 Å². The van der Waals surface area contributed by atoms with Crippen molar-refractivity contribution in [3.05, 3.63) is 0 Å². The molecule has 0 saturated heterocycles. The van der Waals surface area contributed by atoms with Crippen molar-refractivity contribution >= 4 is 11.9 Å². The van der Waals surface area contributed by atoms with Crippen LogP contribution >= 0.6 is 0 Å². The maximum Gasteiger partial charge on any atom is 0.308 e. The first-order valence-electron chi connectivity index (χ1n) is 32.7. The molecule has 0 rings (SSSR count). The first-order chi connectivity index (χ1) is 34.4. The monoisotopic (exact) mass is 989 g/mol. The molecule has 0 saturated carbocycles. The van der Waals surface area contributed by atoms with Gasteiger partial charge >= 0.3 is 11.9 Å². The van der Waals surface area contributed by atoms with E-state index in [1.54, 1.807) is 0 Å². The van der Waals surface area contributed by atoms with Crippen LogP contribution in [0.15, 0.2) is 0 Å². The van der Waals surface area contributed by atoms with Crippen LogP contribution in [0.3, 0.4) is 0 Å². The SMILES string of the molecule is CCCCCCCCCCCCCC(=O)OCC(CCCCCCCCCC)CCCCCCCCCCCC.CCCCCCCCCCCCCCC(C)COC(=O)C(C)CCCCCCCC. The second-order valence-electron chi connectivity index (χ2n) is 22.9. The molecular weight excluding hydrogens is 857 g/mol. The van der Waals surface area contributed by atoms with Crippen LogP contribution in [0.25, 0.3) is 0 Å². The standard InChI is InChI=1S/C38H76O2.C28H56O2/c1-4-7-10-13-16-19-21-23-26-29-32-35-38(39)40-36-37(33-30-27-24-18-15-12-9-6-3)34-31-28-25-22-20-17-14-11-8-5-2;1-5-7-9-11-13-14-15-16-17-18-19-21-23-26(3)25-30-28(29)27(4)24-22-20-12-10-8-6-2/h37H,4-36H2,1-3H3;26-27H,5-25H2,1-4H3. The number of rotatable bonds is 57. The maximum absolute atomic E-state index is 12.4. The van der Waals surface area contributed by atoms with Crippen LogP contribution in [0.2, 0.25) is 0 Å². The summed E-state index contributed by atoms with van der Waals surface area (Å²) in [5, 5.41) is 0. The predicted molar refractivity (Wildman–Crippen MR) is 312 cm³/mol. The van der Waals surface area contributed by atoms with Gasteiger partial charge in [-0.3, -0.25) is 9.59 Å². The van der Waals surface area contributed by atoms with Gasteiger partial charge in [-0.1, -0.05) is 344 Å². The summed E-state index contributed by atoms with van der Waals surface area (Å²) in [4.78, 5) is 24.6. The van der Waals surface area contributed by atoms with E-state index >= 15 is 0 Å². The van der Waals surface area contributed by atoms with Crippen molar-refractivity contribution in [3.8, 4) is 0 Å². The third-order valence-corrected chi connectivity index (χ3v) is 15.3. The fourth-order valence-corrected chi connectivity index (χ4v) is 10.1. The fraction of sp³-hybridized carbons (Fsp3) is 0.970. The largest absolute Gasteiger partial charge is 0.465 e. The van der Waals surface area contributed by atoms with Gasteiger partial charge < -0.3 is 9.47 Å². The molecule has 0 spiro atoms. The zero-order chi connectivity index (χ0) is 51.5. The van der Waals surface area contributed by atoms with Gasteiger partial charge in [-0.25, -0.2) is 0 Å². The molecule has 0 aromatic rings. The average molecular weight is 990 g/mol. The van der Waals surface area contributed by atoms with Crippen molar-refractivity contribution in [2.24, 2.45) is 17.8 Å². The normalized spacial score (nSPS) is 12.7. The van der Waals surface area contributed by atoms with Crippen LogP contribution in [0.5, 0.6) is 0 Å². The number of hydrogen-bond acceptors (Lipinski definition) is 4. The Kier molecular flexibility index (Phi) is 63.1. The van der Waals surface area contributed by atoms with Gasteiger partial charge in [0.1, 0.15) is 0 Å². The summed E-state index contributed by atoms with van der Waals surface area (Å²) >= 11 is 0. The summed E-state index contributed by atoms with van der Waals surface area (Å²) < 4.78 is 11.4. The van der Waals surface area contributed by atoms with Gasteiger partial charge in [-0.05, 0) is 43.9 Å². The Hall–Kier alpha value is -1.06. The number of carbonyl (C=O) groups excluding carboxylic acids is 2. The summed E-state index contributed by atoms with van der Waals surface area (Å²) in [6, 6.07) is 0. The molecule has 0 N–H and O–H groups in total. The van der Waals surface area contributed by atoms with Gasteiger partial charge in [0, 0.05) is 6.42 Å². The number of carbonyl (C=O) groups is 2. The van der Waals surface area contributed by atoms with E-state index < -0.39 is 0 Å². The third kappa shape index (κ3) is 59.5. The number of esters is 2. The molecule has 4 nitrogen and oxygen atoms in total. The molecule has 0 aromatic heterocycles. The molecule has 0 amide bonds. The second kappa shape index (κ2) is 62.2. The van der Waals surface area contributed by atoms with Crippen molar-refractivity contribution in [1.29, 1.82) is 0 Å². The number of unbranched alkanes of at least 4 members (excludes halogenated alkanes) is 42. The zero-order valence-corrected chi connectivity index (χ0v) is 49.5. The van der Waals surface area contributed by atoms with E-state index in [0.717, 1.165) is 19.3 Å². The summed E-state index contributed by atoms with van der Waals surface area (Å²) in [5.74, 6) is 1.22. The Labute approximate surface area is 442 Å². The quantitative estimate of drug-likeness (QED) is 0.0450. The summed E-state index contributed by atoms with van der Waals surface area (Å²) in [5.41, 5.74) is 0. The van der Waals surface area contributed by atoms with E-state index in [1.165, 1.54) is 308 Å². The van der Waals surface area contributed by atoms with E-state index in [4.69, 9.17) is 9.47 Å². The van der Waals surface area contributed by atoms with Crippen LogP contribution in [-0.2, 0) is 19.1 Å². The minimum Gasteiger partial charge on any atom is -0.465 e. The highest BCUT2D eigenvalue weighted by atomic mass is 16.5. The molecule has 0 bridgehead atoms. The Bertz CT molecular complexity index is 979. The van der Waals surface area contributed by atoms with Crippen molar-refractivity contribution in [2.75, 3.05) is 13.2 Å². The molecular formula is C66H132O4. The lowest BCUT2D eigenvalue weighted by molar-refractivity contribution is -0.149. The molecule has 0 radical (unpaired) electrons. The van der Waals surface area contributed by atoms with Gasteiger partial charge in [0.05, 0.1) is 19.1 Å². The van der Waals surface area contributed by atoms with Crippen LogP contribution in [0.4, 0.5) is 0 Å². The Morgan fingerprint density at radius 2 is 0.543 bits per heavy atom. The Morgan fingerprint density at radius 3 is 0.857 bits per heavy atom. The van der Waals surface area contributed by atoms with Crippen molar-refractivity contribution in [3.63, 3.8) is 0 Å². The highest BCUT2D eigenvalue weighted by molar-refractivity contribution is 5.71. The lowest BCUT2D eigenvalue weighted by Crippen LogP contribution is -2.18. The molecule has 0 aliphatic heterocycles. The zero-order valence-electron chi connectivity index (χ0n) is 49.5. The molecule has 0 fully saturated rings. The molecule has 420 valence electrons. The third-order valence-electron chi connectivity index (χ3n) is 15.3. The molecule has 0 heterocycles. The molecule has 0 aliphatic carbocycles. The average Bonchev–Trinajstić information content (AvgIpc) is 3.36. The van der Waals surface area contributed by atoms with Gasteiger partial charge in [0.25, 0.3) is 0 Å². The number of hydrogen-bond donors (Lipinski definition) is 0. The van der Waals surface area contributed by atoms with Gasteiger partial charge in [0.2, 0.25) is 0 Å². The summed E-state index contributed by atoms with van der Waals surface area (Å²) in [6.07, 6.45) is 69.2. The molecule has 4 heteroatoms. The van der Waals surface area contributed by atoms with E-state index in [-0.39, 0.29) is 17.9 Å². The molecule has 70 heavy (non-hydrogen) atoms. The molecule has 0 aromatic carbocycles. The lowest BCUT2D eigenvalue weighted by atomic mass is 9.94. The van der Waals surface area contributed by atoms with E-state index in [2.05, 4.69) is 41.5 Å². The Morgan fingerprint density at radius 1 is 0.286 bits per heavy atom. The topological polar surface area (TPSA) is 52.6 Å². The molecule has 3 atom stereocenters. The summed E-state index contributed by atoms with van der Waals surface area (Å²) in [6.45, 7) is 16.9. The highest BCUT2D eigenvalue weighted by Crippen LogP contribution is 2.22. The van der Waals surface area contributed by atoms with Crippen molar-refractivity contribution in [1.82, 2.24) is 0 Å². The summed E-state index contributed by atoms with van der Waals surface area (Å²) in [7, 11) is 0. The van der Waals surface area contributed by atoms with Crippen LogP contribution in [0, 0.1) is 17.8 Å². The number of ether oxygens (including phenoxy) is 2. The van der Waals surface area contributed by atoms with Gasteiger partial charge in [0.15, 0.2) is 0 Å². The predicted octanol–water partition coefficient (Wildman–Crippen LogP) is 23.3.